The Labute approximate surface area is 470 Å². The molecular formula is C71H133NO3. The number of aliphatic hydroxyl groups is 2. The first-order valence-electron chi connectivity index (χ1n) is 34.0. The molecule has 0 saturated carbocycles. The van der Waals surface area contributed by atoms with Crippen LogP contribution in [0.4, 0.5) is 0 Å². The number of amides is 1. The highest BCUT2D eigenvalue weighted by molar-refractivity contribution is 5.76. The summed E-state index contributed by atoms with van der Waals surface area (Å²) in [6.45, 7) is 4.32. The Hall–Kier alpha value is -1.91. The van der Waals surface area contributed by atoms with Gasteiger partial charge in [0.2, 0.25) is 5.91 Å². The lowest BCUT2D eigenvalue weighted by Gasteiger charge is -2.19. The van der Waals surface area contributed by atoms with E-state index in [0.717, 1.165) is 44.9 Å². The summed E-state index contributed by atoms with van der Waals surface area (Å²) < 4.78 is 0. The molecule has 0 aliphatic heterocycles. The molecule has 0 spiro atoms. The maximum absolute atomic E-state index is 12.5. The van der Waals surface area contributed by atoms with Crippen LogP contribution < -0.4 is 5.32 Å². The van der Waals surface area contributed by atoms with Crippen molar-refractivity contribution >= 4 is 5.91 Å². The van der Waals surface area contributed by atoms with Crippen LogP contribution in [0.2, 0.25) is 0 Å². The summed E-state index contributed by atoms with van der Waals surface area (Å²) in [5.41, 5.74) is 0. The van der Waals surface area contributed by atoms with Crippen LogP contribution in [0.5, 0.6) is 0 Å². The summed E-state index contributed by atoms with van der Waals surface area (Å²) in [5, 5.41) is 23.3. The SMILES string of the molecule is CCCCCCC/C=C\C/C=C\C/C=C\CCCCCCCCCCCCCCCCCCCCC(=O)NC(CO)C(O)/C=C/CC/C=C/CCCCCCCCCCCCCCCCCCCCCCCCCC. The first-order valence-corrected chi connectivity index (χ1v) is 34.0. The average molecular weight is 1050 g/mol. The zero-order valence-electron chi connectivity index (χ0n) is 50.8. The van der Waals surface area contributed by atoms with Crippen LogP contribution in [-0.2, 0) is 4.79 Å². The number of nitrogens with one attached hydrogen (secondary N) is 1. The first-order chi connectivity index (χ1) is 37.2. The molecule has 0 radical (unpaired) electrons. The molecule has 2 unspecified atom stereocenters. The van der Waals surface area contributed by atoms with E-state index in [4.69, 9.17) is 0 Å². The summed E-state index contributed by atoms with van der Waals surface area (Å²) in [4.78, 5) is 12.5. The number of rotatable bonds is 63. The molecule has 0 aromatic carbocycles. The number of hydrogen-bond donors (Lipinski definition) is 3. The predicted molar refractivity (Wildman–Crippen MR) is 336 cm³/mol. The number of carbonyl (C=O) groups excluding carboxylic acids is 1. The Morgan fingerprint density at radius 1 is 0.320 bits per heavy atom. The summed E-state index contributed by atoms with van der Waals surface area (Å²) in [6.07, 6.45) is 94.4. The topological polar surface area (TPSA) is 69.6 Å². The number of allylic oxidation sites excluding steroid dienone is 9. The second kappa shape index (κ2) is 66.4. The minimum Gasteiger partial charge on any atom is -0.394 e. The van der Waals surface area contributed by atoms with E-state index in [0.29, 0.717) is 6.42 Å². The van der Waals surface area contributed by atoms with Crippen molar-refractivity contribution < 1.29 is 15.0 Å². The molecular weight excluding hydrogens is 915 g/mol. The zero-order chi connectivity index (χ0) is 54.1. The van der Waals surface area contributed by atoms with Crippen LogP contribution in [0.25, 0.3) is 0 Å². The van der Waals surface area contributed by atoms with Crippen molar-refractivity contribution in [2.24, 2.45) is 0 Å². The van der Waals surface area contributed by atoms with Gasteiger partial charge >= 0.3 is 0 Å². The quantitative estimate of drug-likeness (QED) is 0.0420. The minimum absolute atomic E-state index is 0.0687. The van der Waals surface area contributed by atoms with Crippen molar-refractivity contribution in [1.82, 2.24) is 5.32 Å². The van der Waals surface area contributed by atoms with E-state index in [1.165, 1.54) is 302 Å². The van der Waals surface area contributed by atoms with Crippen LogP contribution in [0, 0.1) is 0 Å². The van der Waals surface area contributed by atoms with Gasteiger partial charge in [0.05, 0.1) is 18.8 Å². The highest BCUT2D eigenvalue weighted by Crippen LogP contribution is 2.18. The van der Waals surface area contributed by atoms with Crippen LogP contribution >= 0.6 is 0 Å². The number of unbranched alkanes of at least 4 members (excludes halogenated alkanes) is 48. The van der Waals surface area contributed by atoms with E-state index in [-0.39, 0.29) is 12.5 Å². The monoisotopic (exact) mass is 1050 g/mol. The number of hydrogen-bond acceptors (Lipinski definition) is 3. The molecule has 0 rings (SSSR count). The van der Waals surface area contributed by atoms with E-state index in [1.807, 2.05) is 6.08 Å². The fraction of sp³-hybridized carbons (Fsp3) is 0.845. The van der Waals surface area contributed by atoms with Crippen LogP contribution in [0.1, 0.15) is 367 Å². The number of carbonyl (C=O) groups is 1. The summed E-state index contributed by atoms with van der Waals surface area (Å²) in [5.74, 6) is -0.0687. The molecule has 0 aromatic heterocycles. The number of aliphatic hydroxyl groups excluding tert-OH is 2. The molecule has 0 aliphatic carbocycles. The largest absolute Gasteiger partial charge is 0.394 e. The van der Waals surface area contributed by atoms with Crippen molar-refractivity contribution in [3.8, 4) is 0 Å². The Bertz CT molecular complexity index is 1230. The Morgan fingerprint density at radius 2 is 0.560 bits per heavy atom. The Morgan fingerprint density at radius 3 is 0.867 bits per heavy atom. The minimum atomic E-state index is -0.865. The van der Waals surface area contributed by atoms with Gasteiger partial charge in [-0.3, -0.25) is 4.79 Å². The highest BCUT2D eigenvalue weighted by atomic mass is 16.3. The van der Waals surface area contributed by atoms with Gasteiger partial charge in [0, 0.05) is 6.42 Å². The molecule has 4 heteroatoms. The zero-order valence-corrected chi connectivity index (χ0v) is 50.8. The molecule has 75 heavy (non-hydrogen) atoms. The molecule has 0 bridgehead atoms. The van der Waals surface area contributed by atoms with Crippen molar-refractivity contribution in [3.63, 3.8) is 0 Å². The molecule has 0 aliphatic rings. The predicted octanol–water partition coefficient (Wildman–Crippen LogP) is 23.1. The lowest BCUT2D eigenvalue weighted by atomic mass is 10.0. The Balaban J connectivity index is 3.47. The van der Waals surface area contributed by atoms with Crippen LogP contribution in [0.15, 0.2) is 60.8 Å². The van der Waals surface area contributed by atoms with Crippen molar-refractivity contribution in [2.45, 2.75) is 379 Å². The fourth-order valence-corrected chi connectivity index (χ4v) is 10.6. The van der Waals surface area contributed by atoms with Crippen LogP contribution in [0.3, 0.4) is 0 Å². The van der Waals surface area contributed by atoms with Gasteiger partial charge in [0.1, 0.15) is 0 Å². The smallest absolute Gasteiger partial charge is 0.220 e. The third kappa shape index (κ3) is 62.8. The van der Waals surface area contributed by atoms with Gasteiger partial charge in [-0.2, -0.15) is 0 Å². The van der Waals surface area contributed by atoms with E-state index >= 15 is 0 Å². The van der Waals surface area contributed by atoms with E-state index in [9.17, 15) is 15.0 Å². The lowest BCUT2D eigenvalue weighted by Crippen LogP contribution is -2.45. The maximum atomic E-state index is 12.5. The summed E-state index contributed by atoms with van der Waals surface area (Å²) in [7, 11) is 0. The van der Waals surface area contributed by atoms with Gasteiger partial charge < -0.3 is 15.5 Å². The molecule has 1 amide bonds. The molecule has 3 N–H and O–H groups in total. The third-order valence-electron chi connectivity index (χ3n) is 15.7. The maximum Gasteiger partial charge on any atom is 0.220 e. The summed E-state index contributed by atoms with van der Waals surface area (Å²) in [6, 6.07) is -0.642. The fourth-order valence-electron chi connectivity index (χ4n) is 10.6. The molecule has 0 fully saturated rings. The lowest BCUT2D eigenvalue weighted by molar-refractivity contribution is -0.123. The van der Waals surface area contributed by atoms with E-state index < -0.39 is 12.1 Å². The normalized spacial score (nSPS) is 13.1. The van der Waals surface area contributed by atoms with E-state index in [2.05, 4.69) is 67.8 Å². The van der Waals surface area contributed by atoms with Crippen LogP contribution in [-0.4, -0.2) is 34.9 Å². The highest BCUT2D eigenvalue weighted by Gasteiger charge is 2.18. The molecule has 2 atom stereocenters. The Kier molecular flexibility index (Phi) is 64.7. The van der Waals surface area contributed by atoms with Gasteiger partial charge in [-0.1, -0.05) is 351 Å². The molecule has 4 nitrogen and oxygen atoms in total. The van der Waals surface area contributed by atoms with Gasteiger partial charge in [0.15, 0.2) is 0 Å². The van der Waals surface area contributed by atoms with Gasteiger partial charge in [-0.05, 0) is 70.6 Å². The third-order valence-corrected chi connectivity index (χ3v) is 15.7. The molecule has 440 valence electrons. The second-order valence-electron chi connectivity index (χ2n) is 23.2. The van der Waals surface area contributed by atoms with Gasteiger partial charge in [-0.25, -0.2) is 0 Å². The first kappa shape index (κ1) is 73.1. The van der Waals surface area contributed by atoms with Crippen molar-refractivity contribution in [3.05, 3.63) is 60.8 Å². The molecule has 0 aromatic rings. The average Bonchev–Trinajstić information content (AvgIpc) is 3.41. The van der Waals surface area contributed by atoms with Gasteiger partial charge in [-0.15, -0.1) is 0 Å². The summed E-state index contributed by atoms with van der Waals surface area (Å²) >= 11 is 0. The van der Waals surface area contributed by atoms with Crippen molar-refractivity contribution in [1.29, 1.82) is 0 Å². The van der Waals surface area contributed by atoms with Gasteiger partial charge in [0.25, 0.3) is 0 Å². The standard InChI is InChI=1S/C71H133NO3/c1-3-5-7-9-11-13-15-17-19-21-23-25-27-29-31-33-35-36-37-39-41-43-45-47-49-51-53-55-57-59-61-63-65-67-71(75)72-69(68-73)70(74)66-64-62-60-58-56-54-52-50-48-46-44-42-40-38-34-32-30-28-26-24-22-20-18-16-14-12-10-8-6-4-2/h15,17,21,23,27,29,56,58,64,66,69-70,73-74H,3-14,16,18-20,22,24-26,28,30-55,57,59-63,65,67-68H2,1-2H3,(H,72,75)/b17-15-,23-21-,29-27-,58-56+,66-64+. The van der Waals surface area contributed by atoms with Crippen molar-refractivity contribution in [2.75, 3.05) is 6.61 Å². The molecule has 0 heterocycles. The van der Waals surface area contributed by atoms with E-state index in [1.54, 1.807) is 6.08 Å². The second-order valence-corrected chi connectivity index (χ2v) is 23.2. The molecule has 0 saturated heterocycles.